The van der Waals surface area contributed by atoms with E-state index in [9.17, 15) is 14.7 Å². The first kappa shape index (κ1) is 17.5. The number of rotatable bonds is 6. The van der Waals surface area contributed by atoms with Crippen LogP contribution in [0.1, 0.15) is 40.3 Å². The Morgan fingerprint density at radius 1 is 1.29 bits per heavy atom. The van der Waals surface area contributed by atoms with Crippen LogP contribution in [0.3, 0.4) is 0 Å². The molecule has 2 unspecified atom stereocenters. The highest BCUT2D eigenvalue weighted by atomic mass is 16.4. The number of nitrogens with zero attached hydrogens (tertiary/aromatic N) is 3. The van der Waals surface area contributed by atoms with Gasteiger partial charge in [-0.15, -0.1) is 0 Å². The lowest BCUT2D eigenvalue weighted by atomic mass is 10.0. The summed E-state index contributed by atoms with van der Waals surface area (Å²) in [5.41, 5.74) is 6.66. The Hall–Kier alpha value is -3.88. The topological polar surface area (TPSA) is 135 Å². The SMILES string of the molecule is NC(=O)CC(c1cccnc1)N1c2c(C(=O)O)ccnc2NC1c1ccco1. The summed E-state index contributed by atoms with van der Waals surface area (Å²) in [5, 5.41) is 12.9. The second-order valence-electron chi connectivity index (χ2n) is 6.30. The molecule has 9 heteroatoms. The van der Waals surface area contributed by atoms with E-state index in [1.54, 1.807) is 35.5 Å². The normalized spacial score (nSPS) is 16.3. The van der Waals surface area contributed by atoms with Crippen molar-refractivity contribution in [2.24, 2.45) is 5.73 Å². The predicted molar refractivity (Wildman–Crippen MR) is 99.5 cm³/mol. The third-order valence-corrected chi connectivity index (χ3v) is 4.58. The minimum atomic E-state index is -1.10. The van der Waals surface area contributed by atoms with Gasteiger partial charge in [0.05, 0.1) is 30.0 Å². The van der Waals surface area contributed by atoms with Gasteiger partial charge in [0.1, 0.15) is 5.76 Å². The summed E-state index contributed by atoms with van der Waals surface area (Å²) in [5.74, 6) is -0.691. The van der Waals surface area contributed by atoms with Gasteiger partial charge in [-0.3, -0.25) is 9.78 Å². The molecule has 0 saturated heterocycles. The molecule has 142 valence electrons. The number of carboxylic acids is 1. The van der Waals surface area contributed by atoms with Gasteiger partial charge in [-0.1, -0.05) is 6.07 Å². The molecule has 9 nitrogen and oxygen atoms in total. The van der Waals surface area contributed by atoms with Crippen molar-refractivity contribution < 1.29 is 19.1 Å². The monoisotopic (exact) mass is 379 g/mol. The number of hydrogen-bond acceptors (Lipinski definition) is 7. The Labute approximate surface area is 159 Å². The first-order chi connectivity index (χ1) is 13.6. The molecule has 28 heavy (non-hydrogen) atoms. The molecule has 4 rings (SSSR count). The van der Waals surface area contributed by atoms with Crippen LogP contribution in [-0.4, -0.2) is 27.0 Å². The smallest absolute Gasteiger partial charge is 0.338 e. The fourth-order valence-electron chi connectivity index (χ4n) is 3.45. The summed E-state index contributed by atoms with van der Waals surface area (Å²) < 4.78 is 5.56. The zero-order chi connectivity index (χ0) is 19.7. The molecule has 0 aromatic carbocycles. The minimum Gasteiger partial charge on any atom is -0.478 e. The maximum atomic E-state index is 11.9. The zero-order valence-corrected chi connectivity index (χ0v) is 14.6. The molecule has 0 saturated carbocycles. The number of carbonyl (C=O) groups excluding carboxylic acids is 1. The Morgan fingerprint density at radius 2 is 2.14 bits per heavy atom. The molecule has 1 aliphatic rings. The molecule has 3 aromatic heterocycles. The molecular weight excluding hydrogens is 362 g/mol. The number of hydrogen-bond donors (Lipinski definition) is 3. The van der Waals surface area contributed by atoms with Gasteiger partial charge in [0.15, 0.2) is 12.0 Å². The summed E-state index contributed by atoms with van der Waals surface area (Å²) in [6.45, 7) is 0. The number of primary amides is 1. The van der Waals surface area contributed by atoms with Crippen molar-refractivity contribution in [2.45, 2.75) is 18.6 Å². The summed E-state index contributed by atoms with van der Waals surface area (Å²) in [4.78, 5) is 33.9. The van der Waals surface area contributed by atoms with Crippen LogP contribution in [0, 0.1) is 0 Å². The Bertz CT molecular complexity index is 1010. The molecule has 1 amide bonds. The number of furan rings is 1. The molecule has 4 heterocycles. The predicted octanol–water partition coefficient (Wildman–Crippen LogP) is 2.32. The van der Waals surface area contributed by atoms with Crippen LogP contribution >= 0.6 is 0 Å². The third-order valence-electron chi connectivity index (χ3n) is 4.58. The van der Waals surface area contributed by atoms with E-state index in [2.05, 4.69) is 15.3 Å². The fourth-order valence-corrected chi connectivity index (χ4v) is 3.45. The summed E-state index contributed by atoms with van der Waals surface area (Å²) in [7, 11) is 0. The molecule has 3 aromatic rings. The number of aromatic nitrogens is 2. The van der Waals surface area contributed by atoms with Crippen LogP contribution < -0.4 is 16.0 Å². The number of carboxylic acid groups (broad SMARTS) is 1. The quantitative estimate of drug-likeness (QED) is 0.594. The first-order valence-electron chi connectivity index (χ1n) is 8.55. The Kier molecular flexibility index (Phi) is 4.40. The van der Waals surface area contributed by atoms with Crippen molar-refractivity contribution >= 4 is 23.4 Å². The van der Waals surface area contributed by atoms with Crippen molar-refractivity contribution in [1.29, 1.82) is 0 Å². The number of nitrogens with one attached hydrogen (secondary N) is 1. The van der Waals surface area contributed by atoms with E-state index in [4.69, 9.17) is 10.2 Å². The van der Waals surface area contributed by atoms with Gasteiger partial charge in [-0.2, -0.15) is 0 Å². The standard InChI is InChI=1S/C19H17N5O4/c20-15(25)9-13(11-3-1-6-21-10-11)24-16-12(19(26)27)5-7-22-17(16)23-18(24)14-4-2-8-28-14/h1-8,10,13,18H,9H2,(H2,20,25)(H,22,23)(H,26,27). The third kappa shape index (κ3) is 3.02. The summed E-state index contributed by atoms with van der Waals surface area (Å²) in [6, 6.07) is 7.91. The molecule has 0 spiro atoms. The van der Waals surface area contributed by atoms with E-state index in [1.165, 1.54) is 18.5 Å². The van der Waals surface area contributed by atoms with Gasteiger partial charge in [0.2, 0.25) is 5.91 Å². The molecule has 1 aliphatic heterocycles. The maximum Gasteiger partial charge on any atom is 0.338 e. The summed E-state index contributed by atoms with van der Waals surface area (Å²) >= 11 is 0. The van der Waals surface area contributed by atoms with Gasteiger partial charge >= 0.3 is 5.97 Å². The van der Waals surface area contributed by atoms with Crippen molar-refractivity contribution in [3.05, 3.63) is 72.1 Å². The molecule has 0 fully saturated rings. The van der Waals surface area contributed by atoms with Gasteiger partial charge in [0.25, 0.3) is 0 Å². The Morgan fingerprint density at radius 3 is 2.79 bits per heavy atom. The fraction of sp³-hybridized carbons (Fsp3) is 0.158. The van der Waals surface area contributed by atoms with E-state index in [0.717, 1.165) is 0 Å². The summed E-state index contributed by atoms with van der Waals surface area (Å²) in [6.07, 6.45) is 5.58. The maximum absolute atomic E-state index is 11.9. The lowest BCUT2D eigenvalue weighted by molar-refractivity contribution is -0.118. The van der Waals surface area contributed by atoms with Crippen molar-refractivity contribution in [3.63, 3.8) is 0 Å². The first-order valence-corrected chi connectivity index (χ1v) is 8.55. The van der Waals surface area contributed by atoms with Crippen LogP contribution in [0.4, 0.5) is 11.5 Å². The highest BCUT2D eigenvalue weighted by Crippen LogP contribution is 2.47. The largest absolute Gasteiger partial charge is 0.478 e. The van der Waals surface area contributed by atoms with E-state index in [1.807, 2.05) is 6.07 Å². The number of carbonyl (C=O) groups is 2. The second kappa shape index (κ2) is 7.03. The van der Waals surface area contributed by atoms with Gasteiger partial charge < -0.3 is 25.5 Å². The molecule has 0 bridgehead atoms. The van der Waals surface area contributed by atoms with Crippen LogP contribution in [0.5, 0.6) is 0 Å². The number of fused-ring (bicyclic) bond motifs is 1. The van der Waals surface area contributed by atoms with Gasteiger partial charge in [0, 0.05) is 18.6 Å². The highest BCUT2D eigenvalue weighted by Gasteiger charge is 2.41. The number of amides is 1. The molecule has 0 aliphatic carbocycles. The second-order valence-corrected chi connectivity index (χ2v) is 6.30. The van der Waals surface area contributed by atoms with Gasteiger partial charge in [-0.05, 0) is 29.8 Å². The van der Waals surface area contributed by atoms with Crippen molar-refractivity contribution in [1.82, 2.24) is 9.97 Å². The Balaban J connectivity index is 1.91. The average molecular weight is 379 g/mol. The molecular formula is C19H17N5O4. The van der Waals surface area contributed by atoms with Crippen LogP contribution in [0.2, 0.25) is 0 Å². The number of anilines is 2. The lowest BCUT2D eigenvalue weighted by Crippen LogP contribution is -2.35. The lowest BCUT2D eigenvalue weighted by Gasteiger charge is -2.34. The highest BCUT2D eigenvalue weighted by molar-refractivity contribution is 5.99. The van der Waals surface area contributed by atoms with E-state index < -0.39 is 24.1 Å². The molecule has 0 radical (unpaired) electrons. The molecule has 4 N–H and O–H groups in total. The number of aromatic carboxylic acids is 1. The molecule has 2 atom stereocenters. The van der Waals surface area contributed by atoms with Gasteiger partial charge in [-0.25, -0.2) is 9.78 Å². The number of nitrogens with two attached hydrogens (primary N) is 1. The number of pyridine rings is 2. The van der Waals surface area contributed by atoms with Crippen LogP contribution in [0.25, 0.3) is 0 Å². The average Bonchev–Trinajstić information content (AvgIpc) is 3.34. The zero-order valence-electron chi connectivity index (χ0n) is 14.6. The van der Waals surface area contributed by atoms with Crippen molar-refractivity contribution in [2.75, 3.05) is 10.2 Å². The van der Waals surface area contributed by atoms with Crippen LogP contribution in [-0.2, 0) is 4.79 Å². The van der Waals surface area contributed by atoms with Crippen molar-refractivity contribution in [3.8, 4) is 0 Å². The van der Waals surface area contributed by atoms with E-state index in [0.29, 0.717) is 22.8 Å². The minimum absolute atomic E-state index is 0.0437. The van der Waals surface area contributed by atoms with Crippen LogP contribution in [0.15, 0.2) is 59.6 Å². The van der Waals surface area contributed by atoms with E-state index >= 15 is 0 Å². The van der Waals surface area contributed by atoms with E-state index in [-0.39, 0.29) is 12.0 Å².